The van der Waals surface area contributed by atoms with Crippen LogP contribution in [0.1, 0.15) is 23.1 Å². The highest BCUT2D eigenvalue weighted by atomic mass is 35.5. The first-order valence-corrected chi connectivity index (χ1v) is 9.94. The Labute approximate surface area is 176 Å². The first kappa shape index (κ1) is 20.9. The van der Waals surface area contributed by atoms with E-state index in [1.54, 1.807) is 18.2 Å². The van der Waals surface area contributed by atoms with E-state index >= 15 is 0 Å². The summed E-state index contributed by atoms with van der Waals surface area (Å²) in [4.78, 5) is 22.5. The van der Waals surface area contributed by atoms with E-state index in [0.29, 0.717) is 22.9 Å². The molecule has 1 aliphatic heterocycles. The Morgan fingerprint density at radius 3 is 2.93 bits per heavy atom. The molecule has 1 saturated heterocycles. The fraction of sp³-hybridized carbons (Fsp3) is 0.200. The van der Waals surface area contributed by atoms with Crippen molar-refractivity contribution >= 4 is 46.6 Å². The lowest BCUT2D eigenvalue weighted by atomic mass is 10.1. The normalized spacial score (nSPS) is 17.7. The molecule has 150 valence electrons. The molecule has 2 aromatic carbocycles. The molecule has 0 bridgehead atoms. The van der Waals surface area contributed by atoms with Gasteiger partial charge in [-0.1, -0.05) is 53.2 Å². The zero-order valence-corrected chi connectivity index (χ0v) is 17.0. The summed E-state index contributed by atoms with van der Waals surface area (Å²) < 4.78 is 5.90. The number of hydrogen-bond donors (Lipinski definition) is 2. The van der Waals surface area contributed by atoms with Gasteiger partial charge in [-0.25, -0.2) is 0 Å². The van der Waals surface area contributed by atoms with Crippen LogP contribution in [0.2, 0.25) is 5.02 Å². The maximum atomic E-state index is 11.7. The lowest BCUT2D eigenvalue weighted by molar-refractivity contribution is -0.138. The number of benzene rings is 2. The summed E-state index contributed by atoms with van der Waals surface area (Å²) in [5.74, 6) is -0.847. The van der Waals surface area contributed by atoms with Crippen molar-refractivity contribution in [3.8, 4) is 5.75 Å². The lowest BCUT2D eigenvalue weighted by Crippen LogP contribution is -2.26. The SMILES string of the molecule is Cc1cccc(COc2ccc(Cl)cc2C=NN=C2NC(=O)C(CC(=O)O)S2)c1. The average molecular weight is 432 g/mol. The van der Waals surface area contributed by atoms with Crippen molar-refractivity contribution in [2.75, 3.05) is 0 Å². The largest absolute Gasteiger partial charge is 0.488 e. The fourth-order valence-corrected chi connectivity index (χ4v) is 3.70. The Bertz CT molecular complexity index is 993. The Balaban J connectivity index is 1.69. The summed E-state index contributed by atoms with van der Waals surface area (Å²) in [6.45, 7) is 2.41. The monoisotopic (exact) mass is 431 g/mol. The molecular weight excluding hydrogens is 414 g/mol. The highest BCUT2D eigenvalue weighted by molar-refractivity contribution is 8.15. The number of carbonyl (C=O) groups is 2. The van der Waals surface area contributed by atoms with Crippen LogP contribution in [0.3, 0.4) is 0 Å². The number of aryl methyl sites for hydroxylation is 1. The molecule has 0 aromatic heterocycles. The fourth-order valence-electron chi connectivity index (χ4n) is 2.60. The second kappa shape index (κ2) is 9.58. The van der Waals surface area contributed by atoms with Gasteiger partial charge in [-0.2, -0.15) is 5.10 Å². The summed E-state index contributed by atoms with van der Waals surface area (Å²) >= 11 is 7.11. The van der Waals surface area contributed by atoms with Crippen molar-refractivity contribution in [1.82, 2.24) is 5.32 Å². The second-order valence-corrected chi connectivity index (χ2v) is 7.93. The van der Waals surface area contributed by atoms with E-state index in [0.717, 1.165) is 22.9 Å². The van der Waals surface area contributed by atoms with Crippen molar-refractivity contribution in [3.63, 3.8) is 0 Å². The molecule has 1 fully saturated rings. The molecule has 1 heterocycles. The van der Waals surface area contributed by atoms with Gasteiger partial charge in [0.2, 0.25) is 5.91 Å². The van der Waals surface area contributed by atoms with Gasteiger partial charge in [0.05, 0.1) is 12.6 Å². The first-order valence-electron chi connectivity index (χ1n) is 8.69. The van der Waals surface area contributed by atoms with Crippen LogP contribution in [-0.2, 0) is 16.2 Å². The zero-order valence-electron chi connectivity index (χ0n) is 15.5. The molecule has 3 rings (SSSR count). The third kappa shape index (κ3) is 6.07. The number of ether oxygens (including phenoxy) is 1. The summed E-state index contributed by atoms with van der Waals surface area (Å²) in [7, 11) is 0. The van der Waals surface area contributed by atoms with Crippen molar-refractivity contribution in [3.05, 3.63) is 64.2 Å². The summed E-state index contributed by atoms with van der Waals surface area (Å²) in [6.07, 6.45) is 1.20. The smallest absolute Gasteiger partial charge is 0.305 e. The third-order valence-corrected chi connectivity index (χ3v) is 5.24. The van der Waals surface area contributed by atoms with Gasteiger partial charge in [0.25, 0.3) is 0 Å². The van der Waals surface area contributed by atoms with Crippen molar-refractivity contribution < 1.29 is 19.4 Å². The molecule has 1 atom stereocenters. The Kier molecular flexibility index (Phi) is 6.90. The Morgan fingerprint density at radius 1 is 1.34 bits per heavy atom. The minimum Gasteiger partial charge on any atom is -0.488 e. The van der Waals surface area contributed by atoms with Crippen LogP contribution in [-0.4, -0.2) is 33.6 Å². The summed E-state index contributed by atoms with van der Waals surface area (Å²) in [5, 5.41) is 19.3. The van der Waals surface area contributed by atoms with Gasteiger partial charge in [0.1, 0.15) is 17.6 Å². The number of thioether (sulfide) groups is 1. The molecular formula is C20H18ClN3O4S. The van der Waals surface area contributed by atoms with Crippen LogP contribution in [0, 0.1) is 6.92 Å². The van der Waals surface area contributed by atoms with E-state index in [9.17, 15) is 9.59 Å². The van der Waals surface area contributed by atoms with E-state index in [1.807, 2.05) is 31.2 Å². The number of hydrogen-bond acceptors (Lipinski definition) is 6. The van der Waals surface area contributed by atoms with Crippen LogP contribution < -0.4 is 10.1 Å². The Hall–Kier alpha value is -2.84. The highest BCUT2D eigenvalue weighted by Gasteiger charge is 2.32. The van der Waals surface area contributed by atoms with Gasteiger partial charge in [0.15, 0.2) is 5.17 Å². The second-order valence-electron chi connectivity index (χ2n) is 6.30. The first-order chi connectivity index (χ1) is 13.9. The number of amidine groups is 1. The summed E-state index contributed by atoms with van der Waals surface area (Å²) in [6, 6.07) is 13.2. The molecule has 2 N–H and O–H groups in total. The third-order valence-electron chi connectivity index (χ3n) is 3.93. The lowest BCUT2D eigenvalue weighted by Gasteiger charge is -2.10. The number of carboxylic acid groups (broad SMARTS) is 1. The molecule has 0 radical (unpaired) electrons. The average Bonchev–Trinajstić information content (AvgIpc) is 3.00. The molecule has 1 unspecified atom stereocenters. The number of nitrogens with zero attached hydrogens (tertiary/aromatic N) is 2. The number of aliphatic carboxylic acids is 1. The van der Waals surface area contributed by atoms with Gasteiger partial charge in [-0.05, 0) is 30.7 Å². The van der Waals surface area contributed by atoms with E-state index in [-0.39, 0.29) is 11.6 Å². The van der Waals surface area contributed by atoms with Crippen LogP contribution in [0.25, 0.3) is 0 Å². The number of carbonyl (C=O) groups excluding carboxylic acids is 1. The van der Waals surface area contributed by atoms with E-state index in [1.165, 1.54) is 6.21 Å². The van der Waals surface area contributed by atoms with Crippen LogP contribution >= 0.6 is 23.4 Å². The molecule has 7 nitrogen and oxygen atoms in total. The Morgan fingerprint density at radius 2 is 2.17 bits per heavy atom. The predicted octanol–water partition coefficient (Wildman–Crippen LogP) is 3.62. The van der Waals surface area contributed by atoms with Crippen molar-refractivity contribution in [2.24, 2.45) is 10.2 Å². The number of carboxylic acids is 1. The number of halogens is 1. The minimum atomic E-state index is -1.04. The quantitative estimate of drug-likeness (QED) is 0.515. The van der Waals surface area contributed by atoms with E-state index < -0.39 is 17.1 Å². The van der Waals surface area contributed by atoms with Gasteiger partial charge in [-0.3, -0.25) is 9.59 Å². The molecule has 2 aromatic rings. The highest BCUT2D eigenvalue weighted by Crippen LogP contribution is 2.24. The van der Waals surface area contributed by atoms with Crippen LogP contribution in [0.5, 0.6) is 5.75 Å². The predicted molar refractivity (Wildman–Crippen MR) is 114 cm³/mol. The molecule has 1 aliphatic rings. The molecule has 0 saturated carbocycles. The number of rotatable bonds is 7. The molecule has 0 spiro atoms. The van der Waals surface area contributed by atoms with Gasteiger partial charge >= 0.3 is 5.97 Å². The zero-order chi connectivity index (χ0) is 20.8. The molecule has 0 aliphatic carbocycles. The van der Waals surface area contributed by atoms with E-state index in [2.05, 4.69) is 15.5 Å². The maximum Gasteiger partial charge on any atom is 0.305 e. The van der Waals surface area contributed by atoms with Gasteiger partial charge in [0, 0.05) is 10.6 Å². The molecule has 29 heavy (non-hydrogen) atoms. The van der Waals surface area contributed by atoms with Crippen LogP contribution in [0.4, 0.5) is 0 Å². The minimum absolute atomic E-state index is 0.252. The molecule has 1 amide bonds. The van der Waals surface area contributed by atoms with Crippen molar-refractivity contribution in [1.29, 1.82) is 0 Å². The number of nitrogens with one attached hydrogen (secondary N) is 1. The van der Waals surface area contributed by atoms with Gasteiger partial charge in [-0.15, -0.1) is 5.10 Å². The van der Waals surface area contributed by atoms with Crippen molar-refractivity contribution in [2.45, 2.75) is 25.2 Å². The molecule has 9 heteroatoms. The number of amides is 1. The van der Waals surface area contributed by atoms with Gasteiger partial charge < -0.3 is 15.2 Å². The van der Waals surface area contributed by atoms with Crippen LogP contribution in [0.15, 0.2) is 52.7 Å². The maximum absolute atomic E-state index is 11.7. The standard InChI is InChI=1S/C20H18ClN3O4S/c1-12-3-2-4-13(7-12)11-28-16-6-5-15(21)8-14(16)10-22-24-20-23-19(27)17(29-20)9-18(25)26/h2-8,10,17H,9,11H2,1H3,(H,25,26)(H,23,24,27). The topological polar surface area (TPSA) is 100 Å². The summed E-state index contributed by atoms with van der Waals surface area (Å²) in [5.41, 5.74) is 2.82. The van der Waals surface area contributed by atoms with E-state index in [4.69, 9.17) is 21.4 Å².